The lowest BCUT2D eigenvalue weighted by molar-refractivity contribution is -0.138. The van der Waals surface area contributed by atoms with Crippen molar-refractivity contribution < 1.29 is 26.9 Å². The fourth-order valence-corrected chi connectivity index (χ4v) is 4.00. The van der Waals surface area contributed by atoms with E-state index in [4.69, 9.17) is 13.7 Å². The van der Waals surface area contributed by atoms with E-state index in [1.807, 2.05) is 13.8 Å². The summed E-state index contributed by atoms with van der Waals surface area (Å²) in [5.41, 5.74) is 1.000. The first-order valence-corrected chi connectivity index (χ1v) is 11.2. The van der Waals surface area contributed by atoms with Gasteiger partial charge in [-0.15, -0.1) is 0 Å². The van der Waals surface area contributed by atoms with Crippen LogP contribution in [0.3, 0.4) is 0 Å². The van der Waals surface area contributed by atoms with Crippen molar-refractivity contribution in [2.45, 2.75) is 38.0 Å². The van der Waals surface area contributed by atoms with E-state index in [0.717, 1.165) is 18.4 Å². The van der Waals surface area contributed by atoms with Crippen molar-refractivity contribution in [3.8, 4) is 0 Å². The number of hydrogen-bond donors (Lipinski definition) is 0. The van der Waals surface area contributed by atoms with Gasteiger partial charge in [0.2, 0.25) is 5.91 Å². The molecule has 1 amide bonds. The van der Waals surface area contributed by atoms with Gasteiger partial charge in [-0.3, -0.25) is 8.98 Å². The number of likely N-dealkylation sites (tertiary alicyclic amines) is 1. The number of piperidine rings is 1. The molecule has 0 unspecified atom stereocenters. The van der Waals surface area contributed by atoms with E-state index >= 15 is 0 Å². The van der Waals surface area contributed by atoms with Crippen molar-refractivity contribution in [3.63, 3.8) is 0 Å². The predicted octanol–water partition coefficient (Wildman–Crippen LogP) is 2.38. The Morgan fingerprint density at radius 1 is 1.07 bits per heavy atom. The monoisotopic (exact) mass is 413 g/mol. The number of benzene rings is 1. The van der Waals surface area contributed by atoms with Crippen LogP contribution in [0.5, 0.6) is 0 Å². The summed E-state index contributed by atoms with van der Waals surface area (Å²) < 4.78 is 40.1. The van der Waals surface area contributed by atoms with E-state index in [1.54, 1.807) is 29.2 Å². The van der Waals surface area contributed by atoms with Crippen LogP contribution in [0.4, 0.5) is 0 Å². The maximum atomic E-state index is 12.2. The van der Waals surface area contributed by atoms with Crippen LogP contribution in [0, 0.1) is 12.8 Å². The molecule has 0 saturated carbocycles. The first-order valence-electron chi connectivity index (χ1n) is 9.81. The maximum Gasteiger partial charge on any atom is 0.296 e. The highest BCUT2D eigenvalue weighted by Gasteiger charge is 2.23. The topological polar surface area (TPSA) is 82.1 Å². The lowest BCUT2D eigenvalue weighted by Gasteiger charge is -2.31. The van der Waals surface area contributed by atoms with Gasteiger partial charge >= 0.3 is 0 Å². The molecule has 8 heteroatoms. The number of aryl methyl sites for hydroxylation is 1. The van der Waals surface area contributed by atoms with Crippen molar-refractivity contribution in [2.24, 2.45) is 5.92 Å². The fraction of sp³-hybridized carbons (Fsp3) is 0.650. The van der Waals surface area contributed by atoms with Crippen LogP contribution in [0.25, 0.3) is 0 Å². The fourth-order valence-electron chi connectivity index (χ4n) is 3.08. The highest BCUT2D eigenvalue weighted by molar-refractivity contribution is 7.86. The quantitative estimate of drug-likeness (QED) is 0.409. The summed E-state index contributed by atoms with van der Waals surface area (Å²) in [6.45, 7) is 6.96. The molecule has 1 aliphatic heterocycles. The highest BCUT2D eigenvalue weighted by atomic mass is 32.2. The molecule has 0 aromatic heterocycles. The highest BCUT2D eigenvalue weighted by Crippen LogP contribution is 2.22. The second-order valence-electron chi connectivity index (χ2n) is 6.95. The molecule has 1 aliphatic rings. The van der Waals surface area contributed by atoms with Crippen LogP contribution >= 0.6 is 0 Å². The molecule has 1 fully saturated rings. The number of hydrogen-bond acceptors (Lipinski definition) is 6. The number of carbonyl (C=O) groups is 1. The average Bonchev–Trinajstić information content (AvgIpc) is 2.68. The third-order valence-corrected chi connectivity index (χ3v) is 6.17. The number of ether oxygens (including phenoxy) is 2. The normalized spacial score (nSPS) is 15.7. The van der Waals surface area contributed by atoms with Gasteiger partial charge in [0.1, 0.15) is 6.61 Å². The number of amides is 1. The molecule has 7 nitrogen and oxygen atoms in total. The Hall–Kier alpha value is -1.48. The van der Waals surface area contributed by atoms with E-state index in [2.05, 4.69) is 0 Å². The van der Waals surface area contributed by atoms with Gasteiger partial charge in [-0.05, 0) is 51.2 Å². The van der Waals surface area contributed by atoms with Crippen molar-refractivity contribution in [1.82, 2.24) is 4.90 Å². The van der Waals surface area contributed by atoms with Crippen LogP contribution in [-0.2, 0) is 28.6 Å². The smallest absolute Gasteiger partial charge is 0.296 e. The molecule has 0 bridgehead atoms. The third kappa shape index (κ3) is 7.50. The second kappa shape index (κ2) is 11.5. The van der Waals surface area contributed by atoms with Crippen molar-refractivity contribution in [3.05, 3.63) is 29.8 Å². The third-order valence-electron chi connectivity index (χ3n) is 4.84. The Labute approximate surface area is 168 Å². The van der Waals surface area contributed by atoms with Gasteiger partial charge in [-0.1, -0.05) is 17.7 Å². The number of nitrogens with zero attached hydrogens (tertiary/aromatic N) is 1. The molecule has 28 heavy (non-hydrogen) atoms. The van der Waals surface area contributed by atoms with Gasteiger partial charge < -0.3 is 14.4 Å². The summed E-state index contributed by atoms with van der Waals surface area (Å²) in [5, 5.41) is 0. The SMILES string of the molecule is CCOCCOCC(=O)N1CCC(CCOS(=O)(=O)c2ccc(C)cc2)CC1. The van der Waals surface area contributed by atoms with E-state index in [-0.39, 0.29) is 24.0 Å². The Kier molecular flexibility index (Phi) is 9.37. The van der Waals surface area contributed by atoms with Crippen molar-refractivity contribution >= 4 is 16.0 Å². The molecule has 0 aliphatic carbocycles. The van der Waals surface area contributed by atoms with E-state index in [0.29, 0.717) is 45.2 Å². The number of rotatable bonds is 11. The summed E-state index contributed by atoms with van der Waals surface area (Å²) in [4.78, 5) is 14.1. The minimum absolute atomic E-state index is 0.00635. The van der Waals surface area contributed by atoms with E-state index in [9.17, 15) is 13.2 Å². The zero-order valence-electron chi connectivity index (χ0n) is 16.8. The molecular formula is C20H31NO6S. The number of carbonyl (C=O) groups excluding carboxylic acids is 1. The first kappa shape index (κ1) is 22.8. The Balaban J connectivity index is 1.64. The Morgan fingerprint density at radius 2 is 1.71 bits per heavy atom. The molecule has 2 rings (SSSR count). The van der Waals surface area contributed by atoms with Crippen molar-refractivity contribution in [1.29, 1.82) is 0 Å². The van der Waals surface area contributed by atoms with E-state index < -0.39 is 10.1 Å². The molecule has 1 aromatic rings. The Bertz CT molecular complexity index is 696. The van der Waals surface area contributed by atoms with Gasteiger partial charge in [0, 0.05) is 19.7 Å². The molecule has 0 radical (unpaired) electrons. The van der Waals surface area contributed by atoms with Crippen LogP contribution in [0.1, 0.15) is 31.7 Å². The lowest BCUT2D eigenvalue weighted by atomic mass is 9.94. The summed E-state index contributed by atoms with van der Waals surface area (Å²) >= 11 is 0. The van der Waals surface area contributed by atoms with Gasteiger partial charge in [-0.2, -0.15) is 8.42 Å². The summed E-state index contributed by atoms with van der Waals surface area (Å²) in [5.74, 6) is 0.351. The average molecular weight is 414 g/mol. The maximum absolute atomic E-state index is 12.2. The molecule has 1 saturated heterocycles. The Morgan fingerprint density at radius 3 is 2.36 bits per heavy atom. The van der Waals surface area contributed by atoms with Crippen LogP contribution < -0.4 is 0 Å². The molecule has 158 valence electrons. The molecule has 1 heterocycles. The van der Waals surface area contributed by atoms with Crippen molar-refractivity contribution in [2.75, 3.05) is 46.1 Å². The van der Waals surface area contributed by atoms with Crippen LogP contribution in [0.15, 0.2) is 29.2 Å². The molecular weight excluding hydrogens is 382 g/mol. The molecule has 0 atom stereocenters. The molecule has 1 aromatic carbocycles. The van der Waals surface area contributed by atoms with Gasteiger partial charge in [-0.25, -0.2) is 0 Å². The largest absolute Gasteiger partial charge is 0.379 e. The summed E-state index contributed by atoms with van der Waals surface area (Å²) in [6, 6.07) is 6.63. The van der Waals surface area contributed by atoms with E-state index in [1.165, 1.54) is 0 Å². The first-order chi connectivity index (χ1) is 13.4. The van der Waals surface area contributed by atoms with Gasteiger partial charge in [0.05, 0.1) is 24.7 Å². The standard InChI is InChI=1S/C20H31NO6S/c1-3-25-14-15-26-16-20(22)21-11-8-18(9-12-21)10-13-27-28(23,24)19-6-4-17(2)5-7-19/h4-7,18H,3,8-16H2,1-2H3. The summed E-state index contributed by atoms with van der Waals surface area (Å²) in [7, 11) is -3.71. The minimum Gasteiger partial charge on any atom is -0.379 e. The molecule has 0 spiro atoms. The second-order valence-corrected chi connectivity index (χ2v) is 8.57. The van der Waals surface area contributed by atoms with Gasteiger partial charge in [0.15, 0.2) is 0 Å². The summed E-state index contributed by atoms with van der Waals surface area (Å²) in [6.07, 6.45) is 2.36. The van der Waals surface area contributed by atoms with Crippen LogP contribution in [0.2, 0.25) is 0 Å². The zero-order chi connectivity index (χ0) is 20.4. The minimum atomic E-state index is -3.71. The zero-order valence-corrected chi connectivity index (χ0v) is 17.6. The predicted molar refractivity (Wildman–Crippen MR) is 106 cm³/mol. The lowest BCUT2D eigenvalue weighted by Crippen LogP contribution is -2.40. The van der Waals surface area contributed by atoms with Gasteiger partial charge in [0.25, 0.3) is 10.1 Å². The molecule has 0 N–H and O–H groups in total. The van der Waals surface area contributed by atoms with Crippen LogP contribution in [-0.4, -0.2) is 65.3 Å².